The van der Waals surface area contributed by atoms with Crippen LogP contribution in [0.4, 0.5) is 23.0 Å². The first-order chi connectivity index (χ1) is 14.1. The van der Waals surface area contributed by atoms with Crippen molar-refractivity contribution >= 4 is 23.0 Å². The maximum atomic E-state index is 6.50. The summed E-state index contributed by atoms with van der Waals surface area (Å²) in [6.07, 6.45) is 9.47. The molecule has 0 aliphatic heterocycles. The Hall–Kier alpha value is -2.70. The van der Waals surface area contributed by atoms with E-state index in [9.17, 15) is 0 Å². The number of aromatic nitrogens is 2. The monoisotopic (exact) mass is 395 g/mol. The van der Waals surface area contributed by atoms with Crippen LogP contribution in [-0.4, -0.2) is 29.7 Å². The van der Waals surface area contributed by atoms with E-state index in [1.165, 1.54) is 38.5 Å². The molecule has 29 heavy (non-hydrogen) atoms. The van der Waals surface area contributed by atoms with Crippen molar-refractivity contribution in [2.24, 2.45) is 17.8 Å². The van der Waals surface area contributed by atoms with Gasteiger partial charge in [0.2, 0.25) is 0 Å². The average Bonchev–Trinajstić information content (AvgIpc) is 2.69. The summed E-state index contributed by atoms with van der Waals surface area (Å²) in [5.41, 5.74) is 7.92. The Bertz CT molecular complexity index is 881. The number of nitrogens with two attached hydrogens (primary N) is 1. The van der Waals surface area contributed by atoms with Crippen molar-refractivity contribution < 1.29 is 9.47 Å². The summed E-state index contributed by atoms with van der Waals surface area (Å²) in [6, 6.07) is 5.58. The van der Waals surface area contributed by atoms with Gasteiger partial charge in [0, 0.05) is 11.6 Å². The maximum absolute atomic E-state index is 6.50. The molecule has 0 spiro atoms. The molecule has 1 aromatic carbocycles. The van der Waals surface area contributed by atoms with Crippen LogP contribution in [0.3, 0.4) is 0 Å². The minimum Gasteiger partial charge on any atom is -0.497 e. The van der Waals surface area contributed by atoms with E-state index in [1.807, 2.05) is 18.2 Å². The van der Waals surface area contributed by atoms with E-state index in [4.69, 9.17) is 15.2 Å². The Labute approximate surface area is 171 Å². The van der Waals surface area contributed by atoms with Crippen molar-refractivity contribution in [3.05, 3.63) is 24.5 Å². The average molecular weight is 396 g/mol. The smallest absolute Gasteiger partial charge is 0.159 e. The van der Waals surface area contributed by atoms with Crippen LogP contribution in [-0.2, 0) is 0 Å². The molecule has 0 radical (unpaired) electrons. The molecule has 4 aliphatic carbocycles. The number of nitrogens with one attached hydrogen (secondary N) is 2. The highest BCUT2D eigenvalue weighted by atomic mass is 16.5. The van der Waals surface area contributed by atoms with Crippen molar-refractivity contribution in [1.82, 2.24) is 9.97 Å². The molecule has 1 aromatic heterocycles. The van der Waals surface area contributed by atoms with Crippen LogP contribution >= 0.6 is 0 Å². The van der Waals surface area contributed by atoms with Gasteiger partial charge >= 0.3 is 0 Å². The number of hydrogen-bond acceptors (Lipinski definition) is 7. The van der Waals surface area contributed by atoms with E-state index < -0.39 is 0 Å². The molecule has 4 bridgehead atoms. The molecule has 2 aromatic rings. The summed E-state index contributed by atoms with van der Waals surface area (Å²) in [6.45, 7) is 0. The maximum Gasteiger partial charge on any atom is 0.159 e. The number of hydrogen-bond donors (Lipinski definition) is 3. The third-order valence-corrected chi connectivity index (χ3v) is 6.97. The van der Waals surface area contributed by atoms with Gasteiger partial charge in [-0.05, 0) is 68.4 Å². The first-order valence-electron chi connectivity index (χ1n) is 10.4. The van der Waals surface area contributed by atoms with Gasteiger partial charge < -0.3 is 25.8 Å². The van der Waals surface area contributed by atoms with Crippen molar-refractivity contribution in [2.45, 2.75) is 44.1 Å². The van der Waals surface area contributed by atoms with Gasteiger partial charge in [-0.25, -0.2) is 9.97 Å². The van der Waals surface area contributed by atoms with Gasteiger partial charge in [-0.2, -0.15) is 0 Å². The molecule has 6 rings (SSSR count). The van der Waals surface area contributed by atoms with Crippen molar-refractivity contribution in [1.29, 1.82) is 0 Å². The van der Waals surface area contributed by atoms with Crippen molar-refractivity contribution in [3.8, 4) is 11.5 Å². The first-order valence-corrected chi connectivity index (χ1v) is 10.4. The van der Waals surface area contributed by atoms with Crippen LogP contribution in [0.2, 0.25) is 0 Å². The van der Waals surface area contributed by atoms with E-state index in [1.54, 1.807) is 20.5 Å². The largest absolute Gasteiger partial charge is 0.497 e. The molecule has 0 amide bonds. The van der Waals surface area contributed by atoms with Gasteiger partial charge in [0.1, 0.15) is 23.5 Å². The summed E-state index contributed by atoms with van der Waals surface area (Å²) in [7, 11) is 3.27. The van der Waals surface area contributed by atoms with Gasteiger partial charge in [-0.3, -0.25) is 0 Å². The molecule has 154 valence electrons. The topological polar surface area (TPSA) is 94.3 Å². The number of nitrogens with zero attached hydrogens (tertiary/aromatic N) is 2. The Morgan fingerprint density at radius 3 is 2.24 bits per heavy atom. The van der Waals surface area contributed by atoms with Crippen molar-refractivity contribution in [3.63, 3.8) is 0 Å². The summed E-state index contributed by atoms with van der Waals surface area (Å²) in [5.74, 6) is 5.29. The molecular formula is C22H29N5O2. The molecule has 0 unspecified atom stereocenters. The number of methoxy groups -OCH3 is 2. The Morgan fingerprint density at radius 2 is 1.62 bits per heavy atom. The fraction of sp³-hybridized carbons (Fsp3) is 0.545. The van der Waals surface area contributed by atoms with Gasteiger partial charge in [0.25, 0.3) is 0 Å². The van der Waals surface area contributed by atoms with Gasteiger partial charge in [-0.15, -0.1) is 0 Å². The number of ether oxygens (including phenoxy) is 2. The lowest BCUT2D eigenvalue weighted by Crippen LogP contribution is -2.55. The zero-order valence-electron chi connectivity index (χ0n) is 17.1. The fourth-order valence-electron chi connectivity index (χ4n) is 6.15. The summed E-state index contributed by atoms with van der Waals surface area (Å²) in [5, 5.41) is 7.05. The Morgan fingerprint density at radius 1 is 0.966 bits per heavy atom. The van der Waals surface area contributed by atoms with E-state index in [0.29, 0.717) is 17.3 Å². The minimum atomic E-state index is 0.141. The van der Waals surface area contributed by atoms with E-state index in [2.05, 4.69) is 20.6 Å². The third-order valence-electron chi connectivity index (χ3n) is 6.97. The molecule has 0 saturated heterocycles. The Balaban J connectivity index is 1.41. The number of rotatable bonds is 6. The highest BCUT2D eigenvalue weighted by molar-refractivity contribution is 5.80. The second-order valence-corrected chi connectivity index (χ2v) is 9.00. The molecule has 7 nitrogen and oxygen atoms in total. The molecule has 4 aliphatic rings. The Kier molecular flexibility index (Phi) is 4.41. The lowest BCUT2D eigenvalue weighted by molar-refractivity contribution is 0.0106. The first kappa shape index (κ1) is 18.3. The van der Waals surface area contributed by atoms with Crippen LogP contribution < -0.4 is 25.8 Å². The molecule has 4 N–H and O–H groups in total. The quantitative estimate of drug-likeness (QED) is 0.675. The summed E-state index contributed by atoms with van der Waals surface area (Å²) < 4.78 is 10.8. The standard InChI is InChI=1S/C22H29N5O2/c1-28-16-3-4-18(29-2)17(8-16)26-20-19(23)21(25-12-24-20)27-22-9-13-5-14(10-22)7-15(6-13)11-22/h3-4,8,12-15H,5-7,9-11,23H2,1-2H3,(H2,24,25,26,27). The van der Waals surface area contributed by atoms with Gasteiger partial charge in [0.05, 0.1) is 19.9 Å². The predicted molar refractivity (Wildman–Crippen MR) is 114 cm³/mol. The fourth-order valence-corrected chi connectivity index (χ4v) is 6.15. The number of nitrogen functional groups attached to an aromatic ring is 1. The second kappa shape index (κ2) is 6.97. The van der Waals surface area contributed by atoms with Gasteiger partial charge in [0.15, 0.2) is 11.6 Å². The van der Waals surface area contributed by atoms with E-state index in [-0.39, 0.29) is 5.54 Å². The zero-order valence-corrected chi connectivity index (χ0v) is 17.1. The number of benzene rings is 1. The van der Waals surface area contributed by atoms with Crippen molar-refractivity contribution in [2.75, 3.05) is 30.6 Å². The van der Waals surface area contributed by atoms with Crippen LogP contribution in [0, 0.1) is 17.8 Å². The summed E-state index contributed by atoms with van der Waals surface area (Å²) >= 11 is 0. The molecule has 7 heteroatoms. The van der Waals surface area contributed by atoms with Crippen LogP contribution in [0.15, 0.2) is 24.5 Å². The van der Waals surface area contributed by atoms with Crippen LogP contribution in [0.5, 0.6) is 11.5 Å². The predicted octanol–water partition coefficient (Wildman–Crippen LogP) is 4.20. The lowest BCUT2D eigenvalue weighted by atomic mass is 9.53. The van der Waals surface area contributed by atoms with E-state index >= 15 is 0 Å². The van der Waals surface area contributed by atoms with Gasteiger partial charge in [-0.1, -0.05) is 0 Å². The molecule has 1 heterocycles. The molecule has 4 fully saturated rings. The second-order valence-electron chi connectivity index (χ2n) is 9.00. The summed E-state index contributed by atoms with van der Waals surface area (Å²) in [4.78, 5) is 8.87. The third kappa shape index (κ3) is 3.32. The molecule has 4 saturated carbocycles. The van der Waals surface area contributed by atoms with Crippen LogP contribution in [0.25, 0.3) is 0 Å². The normalized spacial score (nSPS) is 29.5. The number of anilines is 4. The zero-order chi connectivity index (χ0) is 20.0. The van der Waals surface area contributed by atoms with Crippen LogP contribution in [0.1, 0.15) is 38.5 Å². The molecule has 0 atom stereocenters. The highest BCUT2D eigenvalue weighted by Crippen LogP contribution is 2.56. The minimum absolute atomic E-state index is 0.141. The lowest BCUT2D eigenvalue weighted by Gasteiger charge is -2.57. The SMILES string of the molecule is COc1ccc(OC)c(Nc2ncnc(NC34CC5CC(CC(C5)C3)C4)c2N)c1. The van der Waals surface area contributed by atoms with E-state index in [0.717, 1.165) is 35.0 Å². The highest BCUT2D eigenvalue weighted by Gasteiger charge is 2.51. The molecular weight excluding hydrogens is 366 g/mol.